The molecule has 0 heterocycles. The molecule has 4 heteroatoms. The molecule has 0 spiro atoms. The first kappa shape index (κ1) is 21.7. The van der Waals surface area contributed by atoms with E-state index in [9.17, 15) is 4.79 Å². The summed E-state index contributed by atoms with van der Waals surface area (Å²) in [6.07, 6.45) is 0.0693. The van der Waals surface area contributed by atoms with Crippen LogP contribution in [0.25, 0.3) is 10.8 Å². The standard InChI is InChI=1S/C26H31NO3/c1-5-23(30-21-15-13-20(14-16-21)26(2,3)4)25(28)27-17-18-29-24-12-8-10-19-9-6-7-11-22(19)24/h6-16,23H,5,17-18H2,1-4H3,(H,27,28)/t23-/m0/s1. The van der Waals surface area contributed by atoms with E-state index in [1.54, 1.807) is 0 Å². The second-order valence-electron chi connectivity index (χ2n) is 8.41. The fourth-order valence-corrected chi connectivity index (χ4v) is 3.29. The maximum absolute atomic E-state index is 12.5. The van der Waals surface area contributed by atoms with E-state index in [0.29, 0.717) is 25.3 Å². The number of carbonyl (C=O) groups excluding carboxylic acids is 1. The second kappa shape index (κ2) is 9.66. The Bertz CT molecular complexity index is 968. The average Bonchev–Trinajstić information content (AvgIpc) is 2.74. The number of benzene rings is 3. The predicted molar refractivity (Wildman–Crippen MR) is 122 cm³/mol. The molecule has 0 aliphatic carbocycles. The van der Waals surface area contributed by atoms with Gasteiger partial charge in [-0.1, -0.05) is 76.2 Å². The topological polar surface area (TPSA) is 47.6 Å². The Morgan fingerprint density at radius 2 is 1.67 bits per heavy atom. The Kier molecular flexibility index (Phi) is 6.99. The van der Waals surface area contributed by atoms with Crippen molar-refractivity contribution in [1.29, 1.82) is 0 Å². The highest BCUT2D eigenvalue weighted by atomic mass is 16.5. The van der Waals surface area contributed by atoms with Crippen molar-refractivity contribution in [1.82, 2.24) is 5.32 Å². The van der Waals surface area contributed by atoms with Crippen molar-refractivity contribution in [2.75, 3.05) is 13.2 Å². The summed E-state index contributed by atoms with van der Waals surface area (Å²) in [6, 6.07) is 22.0. The zero-order valence-electron chi connectivity index (χ0n) is 18.3. The van der Waals surface area contributed by atoms with E-state index in [2.05, 4.69) is 50.4 Å². The van der Waals surface area contributed by atoms with E-state index in [0.717, 1.165) is 16.5 Å². The lowest BCUT2D eigenvalue weighted by molar-refractivity contribution is -0.128. The quantitative estimate of drug-likeness (QED) is 0.504. The minimum absolute atomic E-state index is 0.0874. The number of hydrogen-bond donors (Lipinski definition) is 1. The number of ether oxygens (including phenoxy) is 2. The molecule has 0 fully saturated rings. The van der Waals surface area contributed by atoms with E-state index in [1.807, 2.05) is 49.4 Å². The van der Waals surface area contributed by atoms with Gasteiger partial charge in [-0.05, 0) is 41.0 Å². The van der Waals surface area contributed by atoms with E-state index in [-0.39, 0.29) is 11.3 Å². The number of fused-ring (bicyclic) bond motifs is 1. The fraction of sp³-hybridized carbons (Fsp3) is 0.346. The van der Waals surface area contributed by atoms with Crippen LogP contribution < -0.4 is 14.8 Å². The first-order chi connectivity index (χ1) is 14.4. The lowest BCUT2D eigenvalue weighted by atomic mass is 9.87. The predicted octanol–water partition coefficient (Wildman–Crippen LogP) is 5.49. The van der Waals surface area contributed by atoms with Gasteiger partial charge >= 0.3 is 0 Å². The average molecular weight is 406 g/mol. The monoisotopic (exact) mass is 405 g/mol. The van der Waals surface area contributed by atoms with Crippen molar-refractivity contribution in [3.05, 3.63) is 72.3 Å². The van der Waals surface area contributed by atoms with Crippen LogP contribution in [-0.2, 0) is 10.2 Å². The Morgan fingerprint density at radius 1 is 0.967 bits per heavy atom. The summed E-state index contributed by atoms with van der Waals surface area (Å²) in [7, 11) is 0. The molecule has 3 aromatic rings. The van der Waals surface area contributed by atoms with Gasteiger partial charge in [-0.2, -0.15) is 0 Å². The molecule has 0 unspecified atom stereocenters. The molecule has 0 aliphatic rings. The van der Waals surface area contributed by atoms with Gasteiger partial charge < -0.3 is 14.8 Å². The lowest BCUT2D eigenvalue weighted by Crippen LogP contribution is -2.39. The molecule has 30 heavy (non-hydrogen) atoms. The molecule has 3 rings (SSSR count). The highest BCUT2D eigenvalue weighted by Gasteiger charge is 2.19. The van der Waals surface area contributed by atoms with Gasteiger partial charge in [0.2, 0.25) is 0 Å². The Balaban J connectivity index is 1.50. The lowest BCUT2D eigenvalue weighted by Gasteiger charge is -2.21. The maximum Gasteiger partial charge on any atom is 0.261 e. The number of rotatable bonds is 8. The van der Waals surface area contributed by atoms with Gasteiger partial charge in [0.1, 0.15) is 18.1 Å². The van der Waals surface area contributed by atoms with E-state index < -0.39 is 6.10 Å². The zero-order chi connectivity index (χ0) is 21.6. The Hall–Kier alpha value is -3.01. The van der Waals surface area contributed by atoms with Gasteiger partial charge in [0.05, 0.1) is 6.54 Å². The maximum atomic E-state index is 12.5. The first-order valence-electron chi connectivity index (χ1n) is 10.5. The van der Waals surface area contributed by atoms with Gasteiger partial charge in [0.15, 0.2) is 6.10 Å². The molecule has 0 saturated heterocycles. The minimum atomic E-state index is -0.525. The van der Waals surface area contributed by atoms with E-state index in [4.69, 9.17) is 9.47 Å². The Morgan fingerprint density at radius 3 is 2.37 bits per heavy atom. The highest BCUT2D eigenvalue weighted by Crippen LogP contribution is 2.26. The summed E-state index contributed by atoms with van der Waals surface area (Å²) in [4.78, 5) is 12.5. The number of carbonyl (C=O) groups is 1. The highest BCUT2D eigenvalue weighted by molar-refractivity contribution is 5.88. The molecule has 3 aromatic carbocycles. The van der Waals surface area contributed by atoms with Gasteiger partial charge in [-0.25, -0.2) is 0 Å². The molecule has 0 aliphatic heterocycles. The molecular weight excluding hydrogens is 374 g/mol. The Labute approximate surface area is 179 Å². The van der Waals surface area contributed by atoms with Crippen LogP contribution in [0.4, 0.5) is 0 Å². The zero-order valence-corrected chi connectivity index (χ0v) is 18.3. The van der Waals surface area contributed by atoms with Gasteiger partial charge in [-0.3, -0.25) is 4.79 Å². The van der Waals surface area contributed by atoms with Crippen molar-refractivity contribution in [2.24, 2.45) is 0 Å². The number of amides is 1. The summed E-state index contributed by atoms with van der Waals surface area (Å²) in [5.74, 6) is 1.40. The van der Waals surface area contributed by atoms with E-state index >= 15 is 0 Å². The normalized spacial score (nSPS) is 12.4. The molecule has 4 nitrogen and oxygen atoms in total. The molecule has 0 radical (unpaired) electrons. The van der Waals surface area contributed by atoms with Crippen LogP contribution in [-0.4, -0.2) is 25.2 Å². The summed E-state index contributed by atoms with van der Waals surface area (Å²) in [6.45, 7) is 9.28. The third kappa shape index (κ3) is 5.53. The van der Waals surface area contributed by atoms with Crippen LogP contribution in [0.5, 0.6) is 11.5 Å². The minimum Gasteiger partial charge on any atom is -0.491 e. The third-order valence-corrected chi connectivity index (χ3v) is 5.07. The van der Waals surface area contributed by atoms with Gasteiger partial charge in [0, 0.05) is 5.39 Å². The first-order valence-corrected chi connectivity index (χ1v) is 10.5. The largest absolute Gasteiger partial charge is 0.491 e. The van der Waals surface area contributed by atoms with Crippen LogP contribution in [0.3, 0.4) is 0 Å². The molecule has 0 bridgehead atoms. The molecule has 158 valence electrons. The van der Waals surface area contributed by atoms with Gasteiger partial charge in [0.25, 0.3) is 5.91 Å². The third-order valence-electron chi connectivity index (χ3n) is 5.07. The van der Waals surface area contributed by atoms with Crippen LogP contribution >= 0.6 is 0 Å². The summed E-state index contributed by atoms with van der Waals surface area (Å²) < 4.78 is 11.8. The van der Waals surface area contributed by atoms with Crippen molar-refractivity contribution in [3.8, 4) is 11.5 Å². The molecule has 1 amide bonds. The van der Waals surface area contributed by atoms with Crippen molar-refractivity contribution in [2.45, 2.75) is 45.6 Å². The molecular formula is C26H31NO3. The molecule has 1 N–H and O–H groups in total. The number of nitrogens with one attached hydrogen (secondary N) is 1. The number of hydrogen-bond acceptors (Lipinski definition) is 3. The second-order valence-corrected chi connectivity index (χ2v) is 8.41. The summed E-state index contributed by atoms with van der Waals surface area (Å²) in [5.41, 5.74) is 1.32. The van der Waals surface area contributed by atoms with Gasteiger partial charge in [-0.15, -0.1) is 0 Å². The summed E-state index contributed by atoms with van der Waals surface area (Å²) >= 11 is 0. The molecule has 0 saturated carbocycles. The van der Waals surface area contributed by atoms with Crippen molar-refractivity contribution < 1.29 is 14.3 Å². The van der Waals surface area contributed by atoms with Crippen LogP contribution in [0.15, 0.2) is 66.7 Å². The summed E-state index contributed by atoms with van der Waals surface area (Å²) in [5, 5.41) is 5.12. The van der Waals surface area contributed by atoms with Crippen LogP contribution in [0, 0.1) is 0 Å². The van der Waals surface area contributed by atoms with Crippen molar-refractivity contribution in [3.63, 3.8) is 0 Å². The van der Waals surface area contributed by atoms with Crippen LogP contribution in [0.1, 0.15) is 39.7 Å². The van der Waals surface area contributed by atoms with Crippen LogP contribution in [0.2, 0.25) is 0 Å². The fourth-order valence-electron chi connectivity index (χ4n) is 3.29. The smallest absolute Gasteiger partial charge is 0.261 e. The van der Waals surface area contributed by atoms with Crippen molar-refractivity contribution >= 4 is 16.7 Å². The molecule has 0 aromatic heterocycles. The SMILES string of the molecule is CC[C@H](Oc1ccc(C(C)(C)C)cc1)C(=O)NCCOc1cccc2ccccc12. The van der Waals surface area contributed by atoms with E-state index in [1.165, 1.54) is 5.56 Å². The molecule has 1 atom stereocenters.